The Morgan fingerprint density at radius 3 is 2.70 bits per heavy atom. The van der Waals surface area contributed by atoms with E-state index in [0.717, 1.165) is 0 Å². The maximum Gasteiger partial charge on any atom is 0.280 e. The summed E-state index contributed by atoms with van der Waals surface area (Å²) in [4.78, 5) is 15.7. The molecule has 0 bridgehead atoms. The predicted octanol–water partition coefficient (Wildman–Crippen LogP) is 0.697. The number of nitrogens with one attached hydrogen (secondary N) is 1. The van der Waals surface area contributed by atoms with Crippen molar-refractivity contribution in [1.82, 2.24) is 14.9 Å². The van der Waals surface area contributed by atoms with Crippen LogP contribution in [0.3, 0.4) is 0 Å². The summed E-state index contributed by atoms with van der Waals surface area (Å²) in [6, 6.07) is 0. The molecule has 0 aliphatic rings. The van der Waals surface area contributed by atoms with Gasteiger partial charge in [0.05, 0.1) is 6.61 Å². The van der Waals surface area contributed by atoms with E-state index in [4.69, 9.17) is 15.4 Å². The summed E-state index contributed by atoms with van der Waals surface area (Å²) in [5.74, 6) is 0.208. The highest BCUT2D eigenvalue weighted by Crippen LogP contribution is 2.19. The Labute approximate surface area is 122 Å². The van der Waals surface area contributed by atoms with E-state index in [1.54, 1.807) is 0 Å². The van der Waals surface area contributed by atoms with Crippen molar-refractivity contribution in [3.05, 3.63) is 12.0 Å². The minimum absolute atomic E-state index is 0.0172. The molecule has 1 heterocycles. The Kier molecular flexibility index (Phi) is 5.97. The summed E-state index contributed by atoms with van der Waals surface area (Å²) in [5.41, 5.74) is 0. The van der Waals surface area contributed by atoms with E-state index in [0.29, 0.717) is 19.0 Å². The van der Waals surface area contributed by atoms with Crippen molar-refractivity contribution in [3.8, 4) is 0 Å². The number of ether oxygens (including phenoxy) is 1. The first kappa shape index (κ1) is 16.9. The molecule has 1 rings (SSSR count). The van der Waals surface area contributed by atoms with Crippen molar-refractivity contribution < 1.29 is 17.9 Å². The molecule has 0 spiro atoms. The second-order valence-electron chi connectivity index (χ2n) is 4.50. The van der Waals surface area contributed by atoms with Gasteiger partial charge in [-0.05, 0) is 0 Å². The molecule has 9 heteroatoms. The maximum absolute atomic E-state index is 11.7. The molecule has 0 radical (unpaired) electrons. The lowest BCUT2D eigenvalue weighted by molar-refractivity contribution is -0.121. The Morgan fingerprint density at radius 1 is 1.55 bits per heavy atom. The molecule has 0 aromatic carbocycles. The van der Waals surface area contributed by atoms with E-state index in [9.17, 15) is 13.2 Å². The third-order valence-electron chi connectivity index (χ3n) is 2.49. The summed E-state index contributed by atoms with van der Waals surface area (Å²) >= 11 is 0. The van der Waals surface area contributed by atoms with Gasteiger partial charge >= 0.3 is 0 Å². The number of rotatable bonds is 7. The number of halogens is 1. The molecule has 0 aliphatic heterocycles. The van der Waals surface area contributed by atoms with E-state index >= 15 is 0 Å². The van der Waals surface area contributed by atoms with Crippen LogP contribution in [0.1, 0.15) is 25.6 Å². The molecule has 114 valence electrons. The minimum Gasteiger partial charge on any atom is -0.383 e. The van der Waals surface area contributed by atoms with Crippen LogP contribution in [0, 0.1) is 0 Å². The maximum atomic E-state index is 11.7. The van der Waals surface area contributed by atoms with Gasteiger partial charge in [0.1, 0.15) is 12.4 Å². The average Bonchev–Trinajstić information content (AvgIpc) is 2.73. The Bertz CT molecular complexity index is 568. The van der Waals surface area contributed by atoms with Crippen LogP contribution in [0.25, 0.3) is 0 Å². The van der Waals surface area contributed by atoms with Crippen LogP contribution in [0.2, 0.25) is 0 Å². The zero-order valence-electron chi connectivity index (χ0n) is 11.6. The number of hydrogen-bond acceptors (Lipinski definition) is 5. The first-order valence-corrected chi connectivity index (χ1v) is 8.34. The van der Waals surface area contributed by atoms with Gasteiger partial charge in [-0.2, -0.15) is 0 Å². The van der Waals surface area contributed by atoms with E-state index in [-0.39, 0.29) is 23.4 Å². The van der Waals surface area contributed by atoms with Gasteiger partial charge in [-0.1, -0.05) is 13.8 Å². The summed E-state index contributed by atoms with van der Waals surface area (Å²) in [7, 11) is 2.90. The van der Waals surface area contributed by atoms with Crippen LogP contribution in [0.5, 0.6) is 0 Å². The fraction of sp³-hybridized carbons (Fsp3) is 0.636. The van der Waals surface area contributed by atoms with Gasteiger partial charge in [0.2, 0.25) is 5.91 Å². The van der Waals surface area contributed by atoms with Gasteiger partial charge < -0.3 is 14.6 Å². The second-order valence-corrected chi connectivity index (χ2v) is 7.01. The number of hydrogen-bond donors (Lipinski definition) is 1. The Hall–Kier alpha value is -1.12. The highest BCUT2D eigenvalue weighted by Gasteiger charge is 2.20. The summed E-state index contributed by atoms with van der Waals surface area (Å²) < 4.78 is 28.9. The Morgan fingerprint density at radius 2 is 2.20 bits per heavy atom. The quantitative estimate of drug-likeness (QED) is 0.589. The monoisotopic (exact) mass is 323 g/mol. The molecule has 1 aromatic heterocycles. The molecule has 7 nitrogen and oxygen atoms in total. The van der Waals surface area contributed by atoms with Crippen LogP contribution in [0.4, 0.5) is 0 Å². The van der Waals surface area contributed by atoms with E-state index in [2.05, 4.69) is 10.3 Å². The number of methoxy groups -OCH3 is 1. The first-order chi connectivity index (χ1) is 9.25. The molecule has 20 heavy (non-hydrogen) atoms. The molecule has 0 fully saturated rings. The third-order valence-corrected chi connectivity index (χ3v) is 3.66. The zero-order chi connectivity index (χ0) is 15.3. The highest BCUT2D eigenvalue weighted by atomic mass is 35.7. The first-order valence-electron chi connectivity index (χ1n) is 6.03. The molecule has 0 atom stereocenters. The number of aromatic nitrogens is 2. The Balaban J connectivity index is 2.88. The van der Waals surface area contributed by atoms with Crippen LogP contribution in [-0.2, 0) is 25.1 Å². The van der Waals surface area contributed by atoms with Gasteiger partial charge in [0.15, 0.2) is 5.03 Å². The van der Waals surface area contributed by atoms with Crippen LogP contribution < -0.4 is 5.32 Å². The third kappa shape index (κ3) is 4.77. The summed E-state index contributed by atoms with van der Waals surface area (Å²) in [6.45, 7) is 4.49. The zero-order valence-corrected chi connectivity index (χ0v) is 13.2. The normalized spacial score (nSPS) is 11.8. The van der Waals surface area contributed by atoms with Crippen LogP contribution in [-0.4, -0.2) is 44.1 Å². The van der Waals surface area contributed by atoms with Crippen LogP contribution >= 0.6 is 10.7 Å². The summed E-state index contributed by atoms with van der Waals surface area (Å²) in [5, 5.41) is 2.41. The SMILES string of the molecule is COCCNC(=O)Cn1cc(S(=O)(=O)Cl)nc1C(C)C. The van der Waals surface area contributed by atoms with Gasteiger partial charge in [0.25, 0.3) is 9.05 Å². The number of carbonyl (C=O) groups excluding carboxylic acids is 1. The van der Waals surface area contributed by atoms with Gasteiger partial charge in [0, 0.05) is 36.5 Å². The topological polar surface area (TPSA) is 90.3 Å². The van der Waals surface area contributed by atoms with Crippen molar-refractivity contribution in [2.45, 2.75) is 31.3 Å². The van der Waals surface area contributed by atoms with Crippen molar-refractivity contribution in [3.63, 3.8) is 0 Å². The molecule has 0 saturated carbocycles. The average molecular weight is 324 g/mol. The van der Waals surface area contributed by atoms with Crippen molar-refractivity contribution in [2.24, 2.45) is 0 Å². The van der Waals surface area contributed by atoms with Crippen molar-refractivity contribution in [2.75, 3.05) is 20.3 Å². The van der Waals surface area contributed by atoms with Crippen molar-refractivity contribution >= 4 is 25.6 Å². The molecule has 1 aromatic rings. The second kappa shape index (κ2) is 7.05. The van der Waals surface area contributed by atoms with Gasteiger partial charge in [-0.3, -0.25) is 4.79 Å². The highest BCUT2D eigenvalue weighted by molar-refractivity contribution is 8.13. The molecule has 0 aliphatic carbocycles. The van der Waals surface area contributed by atoms with E-state index in [1.807, 2.05) is 13.8 Å². The molecule has 1 amide bonds. The molecule has 1 N–H and O–H groups in total. The number of nitrogens with zero attached hydrogens (tertiary/aromatic N) is 2. The van der Waals surface area contributed by atoms with Gasteiger partial charge in [-0.15, -0.1) is 0 Å². The fourth-order valence-electron chi connectivity index (χ4n) is 1.61. The standard InChI is InChI=1S/C11H18ClN3O4S/c1-8(2)11-14-10(20(12,17)18)7-15(11)6-9(16)13-4-5-19-3/h7-8H,4-6H2,1-3H3,(H,13,16). The number of amides is 1. The minimum atomic E-state index is -3.91. The van der Waals surface area contributed by atoms with Crippen LogP contribution in [0.15, 0.2) is 11.2 Å². The molecule has 0 saturated heterocycles. The predicted molar refractivity (Wildman–Crippen MR) is 74.2 cm³/mol. The molecular formula is C11H18ClN3O4S. The lowest BCUT2D eigenvalue weighted by Gasteiger charge is -2.10. The van der Waals surface area contributed by atoms with Gasteiger partial charge in [-0.25, -0.2) is 13.4 Å². The largest absolute Gasteiger partial charge is 0.383 e. The number of imidazole rings is 1. The van der Waals surface area contributed by atoms with E-state index in [1.165, 1.54) is 17.9 Å². The fourth-order valence-corrected chi connectivity index (χ4v) is 2.29. The number of carbonyl (C=O) groups is 1. The smallest absolute Gasteiger partial charge is 0.280 e. The summed E-state index contributed by atoms with van der Waals surface area (Å²) in [6.07, 6.45) is 1.27. The van der Waals surface area contributed by atoms with Crippen molar-refractivity contribution in [1.29, 1.82) is 0 Å². The lowest BCUT2D eigenvalue weighted by atomic mass is 10.2. The molecule has 0 unspecified atom stereocenters. The lowest BCUT2D eigenvalue weighted by Crippen LogP contribution is -2.30. The van der Waals surface area contributed by atoms with E-state index < -0.39 is 9.05 Å². The molecular weight excluding hydrogens is 306 g/mol.